The van der Waals surface area contributed by atoms with Gasteiger partial charge in [0.2, 0.25) is 5.95 Å². The van der Waals surface area contributed by atoms with Crippen LogP contribution >= 0.6 is 0 Å². The number of benzene rings is 2. The molecule has 2 aromatic carbocycles. The van der Waals surface area contributed by atoms with E-state index < -0.39 is 0 Å². The van der Waals surface area contributed by atoms with Gasteiger partial charge in [-0.05, 0) is 49.9 Å². The summed E-state index contributed by atoms with van der Waals surface area (Å²) in [7, 11) is 4.04. The number of aromatic nitrogens is 2. The van der Waals surface area contributed by atoms with E-state index in [0.29, 0.717) is 18.5 Å². The maximum Gasteiger partial charge on any atom is 0.225 e. The number of nitrogens with zero attached hydrogens (tertiary/aromatic N) is 5. The Balaban J connectivity index is 1.27. The number of hydrogen-bond donors (Lipinski definition) is 2. The zero-order valence-corrected chi connectivity index (χ0v) is 20.2. The molecule has 7 heteroatoms. The lowest BCUT2D eigenvalue weighted by atomic mass is 9.91. The van der Waals surface area contributed by atoms with Crippen LogP contribution in [0.4, 0.5) is 17.5 Å². The van der Waals surface area contributed by atoms with Crippen molar-refractivity contribution in [1.82, 2.24) is 15.3 Å². The molecule has 178 valence electrons. The lowest BCUT2D eigenvalue weighted by molar-refractivity contribution is 0.355. The monoisotopic (exact) mass is 457 g/mol. The van der Waals surface area contributed by atoms with E-state index in [9.17, 15) is 0 Å². The van der Waals surface area contributed by atoms with E-state index in [1.807, 2.05) is 43.3 Å². The molecule has 1 saturated carbocycles. The minimum absolute atomic E-state index is 0.394. The fourth-order valence-corrected chi connectivity index (χ4v) is 4.69. The maximum atomic E-state index is 9.01. The van der Waals surface area contributed by atoms with Gasteiger partial charge in [0.25, 0.3) is 0 Å². The first kappa shape index (κ1) is 23.8. The Bertz CT molecular complexity index is 1090. The number of para-hydroxylation sites is 2. The number of fused-ring (bicyclic) bond motifs is 1. The molecule has 1 aliphatic rings. The summed E-state index contributed by atoms with van der Waals surface area (Å²) in [4.78, 5) is 13.9. The second-order valence-corrected chi connectivity index (χ2v) is 9.16. The highest BCUT2D eigenvalue weighted by Crippen LogP contribution is 2.26. The summed E-state index contributed by atoms with van der Waals surface area (Å²) in [6.45, 7) is 2.59. The highest BCUT2D eigenvalue weighted by Gasteiger charge is 2.22. The predicted molar refractivity (Wildman–Crippen MR) is 140 cm³/mol. The van der Waals surface area contributed by atoms with Gasteiger partial charge in [0, 0.05) is 56.9 Å². The zero-order chi connectivity index (χ0) is 23.8. The van der Waals surface area contributed by atoms with Crippen LogP contribution in [0.25, 0.3) is 10.9 Å². The Hall–Kier alpha value is -3.37. The number of anilines is 3. The van der Waals surface area contributed by atoms with Crippen LogP contribution < -0.4 is 20.4 Å². The number of rotatable bonds is 10. The molecule has 1 aromatic heterocycles. The zero-order valence-electron chi connectivity index (χ0n) is 20.2. The van der Waals surface area contributed by atoms with Crippen molar-refractivity contribution < 1.29 is 0 Å². The minimum atomic E-state index is 0.394. The van der Waals surface area contributed by atoms with Crippen molar-refractivity contribution in [3.8, 4) is 6.07 Å². The molecule has 0 bridgehead atoms. The van der Waals surface area contributed by atoms with Gasteiger partial charge in [-0.2, -0.15) is 10.2 Å². The van der Waals surface area contributed by atoms with E-state index in [0.717, 1.165) is 68.0 Å². The molecule has 1 aliphatic carbocycles. The molecule has 0 saturated heterocycles. The highest BCUT2D eigenvalue weighted by atomic mass is 15.2. The van der Waals surface area contributed by atoms with Gasteiger partial charge in [0.05, 0.1) is 18.0 Å². The van der Waals surface area contributed by atoms with Gasteiger partial charge in [0.1, 0.15) is 5.82 Å². The summed E-state index contributed by atoms with van der Waals surface area (Å²) < 4.78 is 0. The molecular formula is C27H35N7. The van der Waals surface area contributed by atoms with E-state index in [1.165, 1.54) is 5.69 Å². The molecule has 0 aliphatic heterocycles. The van der Waals surface area contributed by atoms with Crippen LogP contribution in [0.3, 0.4) is 0 Å². The van der Waals surface area contributed by atoms with Crippen LogP contribution in [0.15, 0.2) is 54.6 Å². The van der Waals surface area contributed by atoms with Crippen molar-refractivity contribution in [1.29, 1.82) is 5.26 Å². The van der Waals surface area contributed by atoms with E-state index >= 15 is 0 Å². The SMILES string of the molecule is CN(C)c1nc(NC2CCC(NCCN(CCC#N)c3ccccc3)CC2)nc2ccccc12. The summed E-state index contributed by atoms with van der Waals surface area (Å²) in [6, 6.07) is 21.7. The minimum Gasteiger partial charge on any atom is -0.369 e. The van der Waals surface area contributed by atoms with Crippen LogP contribution in [0.2, 0.25) is 0 Å². The third-order valence-electron chi connectivity index (χ3n) is 6.50. The van der Waals surface area contributed by atoms with Crippen LogP contribution in [0, 0.1) is 11.3 Å². The van der Waals surface area contributed by atoms with Crippen molar-refractivity contribution in [3.05, 3.63) is 54.6 Å². The Morgan fingerprint density at radius 1 is 0.912 bits per heavy atom. The van der Waals surface area contributed by atoms with Gasteiger partial charge in [-0.25, -0.2) is 4.98 Å². The summed E-state index contributed by atoms with van der Waals surface area (Å²) in [6.07, 6.45) is 5.01. The molecule has 0 atom stereocenters. The fraction of sp³-hybridized carbons (Fsp3) is 0.444. The first-order chi connectivity index (χ1) is 16.6. The van der Waals surface area contributed by atoms with Gasteiger partial charge >= 0.3 is 0 Å². The van der Waals surface area contributed by atoms with Gasteiger partial charge in [-0.3, -0.25) is 0 Å². The molecule has 1 heterocycles. The van der Waals surface area contributed by atoms with Crippen LogP contribution in [0.5, 0.6) is 0 Å². The summed E-state index contributed by atoms with van der Waals surface area (Å²) in [5, 5.41) is 17.4. The normalized spacial score (nSPS) is 17.8. The van der Waals surface area contributed by atoms with Crippen LogP contribution in [0.1, 0.15) is 32.1 Å². The predicted octanol–water partition coefficient (Wildman–Crippen LogP) is 4.43. The molecule has 7 nitrogen and oxygen atoms in total. The van der Waals surface area contributed by atoms with Gasteiger partial charge in [-0.1, -0.05) is 30.3 Å². The molecule has 3 aromatic rings. The molecule has 4 rings (SSSR count). The van der Waals surface area contributed by atoms with Gasteiger partial charge in [0.15, 0.2) is 0 Å². The largest absolute Gasteiger partial charge is 0.369 e. The first-order valence-electron chi connectivity index (χ1n) is 12.2. The van der Waals surface area contributed by atoms with Gasteiger partial charge < -0.3 is 20.4 Å². The summed E-state index contributed by atoms with van der Waals surface area (Å²) in [5.74, 6) is 1.66. The Morgan fingerprint density at radius 2 is 1.62 bits per heavy atom. The van der Waals surface area contributed by atoms with Crippen LogP contribution in [-0.2, 0) is 0 Å². The standard InChI is InChI=1S/C27H35N7/c1-33(2)26-24-11-6-7-12-25(24)31-27(32-26)30-22-15-13-21(14-16-22)29-18-20-34(19-8-17-28)23-9-4-3-5-10-23/h3-7,9-12,21-22,29H,8,13-16,18-20H2,1-2H3,(H,30,31,32). The first-order valence-corrected chi connectivity index (χ1v) is 12.2. The third kappa shape index (κ3) is 6.15. The topological polar surface area (TPSA) is 80.1 Å². The molecular weight excluding hydrogens is 422 g/mol. The molecule has 0 unspecified atom stereocenters. The van der Waals surface area contributed by atoms with E-state index in [-0.39, 0.29) is 0 Å². The van der Waals surface area contributed by atoms with E-state index in [1.54, 1.807) is 0 Å². The van der Waals surface area contributed by atoms with Crippen molar-refractivity contribution in [2.24, 2.45) is 0 Å². The average Bonchev–Trinajstić information content (AvgIpc) is 2.87. The summed E-state index contributed by atoms with van der Waals surface area (Å²) in [5.41, 5.74) is 2.15. The fourth-order valence-electron chi connectivity index (χ4n) is 4.69. The van der Waals surface area contributed by atoms with E-state index in [2.05, 4.69) is 51.9 Å². The number of hydrogen-bond acceptors (Lipinski definition) is 7. The lowest BCUT2D eigenvalue weighted by Gasteiger charge is -2.31. The third-order valence-corrected chi connectivity index (χ3v) is 6.50. The van der Waals surface area contributed by atoms with E-state index in [4.69, 9.17) is 15.2 Å². The Labute approximate surface area is 202 Å². The second-order valence-electron chi connectivity index (χ2n) is 9.16. The Kier molecular flexibility index (Phi) is 8.16. The molecule has 1 fully saturated rings. The summed E-state index contributed by atoms with van der Waals surface area (Å²) >= 11 is 0. The Morgan fingerprint density at radius 3 is 2.35 bits per heavy atom. The second kappa shape index (κ2) is 11.7. The molecule has 34 heavy (non-hydrogen) atoms. The molecule has 2 N–H and O–H groups in total. The van der Waals surface area contributed by atoms with Crippen molar-refractivity contribution in [3.63, 3.8) is 0 Å². The number of nitriles is 1. The highest BCUT2D eigenvalue weighted by molar-refractivity contribution is 5.90. The average molecular weight is 458 g/mol. The molecule has 0 amide bonds. The smallest absolute Gasteiger partial charge is 0.225 e. The molecule has 0 radical (unpaired) electrons. The maximum absolute atomic E-state index is 9.01. The molecule has 0 spiro atoms. The number of nitrogens with one attached hydrogen (secondary N) is 2. The quantitative estimate of drug-likeness (QED) is 0.466. The van der Waals surface area contributed by atoms with Gasteiger partial charge in [-0.15, -0.1) is 0 Å². The van der Waals surface area contributed by atoms with Crippen LogP contribution in [-0.4, -0.2) is 55.8 Å². The van der Waals surface area contributed by atoms with Crippen molar-refractivity contribution in [2.45, 2.75) is 44.2 Å². The van der Waals surface area contributed by atoms with Crippen molar-refractivity contribution >= 4 is 28.4 Å². The lowest BCUT2D eigenvalue weighted by Crippen LogP contribution is -2.41. The van der Waals surface area contributed by atoms with Crippen molar-refractivity contribution in [2.75, 3.05) is 48.8 Å².